The standard InChI is InChI=1S/C14H21ClN2O2/c1-5-7-19-14-12(15)8-11(10-16-17(3)4)9-13(14)18-6-2/h8-10H,5-7H2,1-4H3/b16-10+. The summed E-state index contributed by atoms with van der Waals surface area (Å²) in [7, 11) is 3.72. The molecule has 0 saturated carbocycles. The number of halogens is 1. The molecule has 0 fully saturated rings. The van der Waals surface area contributed by atoms with Crippen molar-refractivity contribution >= 4 is 17.8 Å². The minimum Gasteiger partial charge on any atom is -0.490 e. The van der Waals surface area contributed by atoms with Gasteiger partial charge in [-0.25, -0.2) is 0 Å². The fraction of sp³-hybridized carbons (Fsp3) is 0.500. The fourth-order valence-corrected chi connectivity index (χ4v) is 1.73. The lowest BCUT2D eigenvalue weighted by Gasteiger charge is -2.14. The summed E-state index contributed by atoms with van der Waals surface area (Å²) in [4.78, 5) is 0. The Morgan fingerprint density at radius 1 is 1.26 bits per heavy atom. The van der Waals surface area contributed by atoms with Crippen molar-refractivity contribution in [1.82, 2.24) is 5.01 Å². The van der Waals surface area contributed by atoms with Gasteiger partial charge in [-0.3, -0.25) is 0 Å². The summed E-state index contributed by atoms with van der Waals surface area (Å²) in [6.45, 7) is 5.16. The number of hydrogen-bond donors (Lipinski definition) is 0. The van der Waals surface area contributed by atoms with E-state index in [4.69, 9.17) is 21.1 Å². The fourth-order valence-electron chi connectivity index (χ4n) is 1.45. The largest absolute Gasteiger partial charge is 0.490 e. The molecule has 0 N–H and O–H groups in total. The molecule has 19 heavy (non-hydrogen) atoms. The molecule has 0 amide bonds. The van der Waals surface area contributed by atoms with E-state index in [0.29, 0.717) is 29.7 Å². The van der Waals surface area contributed by atoms with E-state index >= 15 is 0 Å². The molecule has 0 heterocycles. The number of nitrogens with zero attached hydrogens (tertiary/aromatic N) is 2. The van der Waals surface area contributed by atoms with Crippen molar-refractivity contribution in [2.45, 2.75) is 20.3 Å². The molecule has 0 aromatic heterocycles. The van der Waals surface area contributed by atoms with Crippen molar-refractivity contribution in [3.63, 3.8) is 0 Å². The van der Waals surface area contributed by atoms with Crippen LogP contribution in [-0.2, 0) is 0 Å². The molecule has 106 valence electrons. The van der Waals surface area contributed by atoms with Gasteiger partial charge in [0.2, 0.25) is 0 Å². The zero-order chi connectivity index (χ0) is 14.3. The Morgan fingerprint density at radius 2 is 2.00 bits per heavy atom. The van der Waals surface area contributed by atoms with Crippen LogP contribution in [-0.4, -0.2) is 38.5 Å². The highest BCUT2D eigenvalue weighted by molar-refractivity contribution is 6.32. The van der Waals surface area contributed by atoms with E-state index in [1.54, 1.807) is 11.2 Å². The molecule has 1 aromatic carbocycles. The van der Waals surface area contributed by atoms with Gasteiger partial charge in [0.15, 0.2) is 11.5 Å². The zero-order valence-corrected chi connectivity index (χ0v) is 12.7. The lowest BCUT2D eigenvalue weighted by molar-refractivity contribution is 0.277. The molecule has 1 rings (SSSR count). The Balaban J connectivity index is 3.05. The minimum atomic E-state index is 0.541. The van der Waals surface area contributed by atoms with Crippen LogP contribution in [0.3, 0.4) is 0 Å². The van der Waals surface area contributed by atoms with Gasteiger partial charge in [-0.2, -0.15) is 5.10 Å². The summed E-state index contributed by atoms with van der Waals surface area (Å²) in [5, 5.41) is 6.44. The second kappa shape index (κ2) is 7.89. The van der Waals surface area contributed by atoms with Gasteiger partial charge in [0.1, 0.15) is 0 Å². The average molecular weight is 285 g/mol. The van der Waals surface area contributed by atoms with E-state index < -0.39 is 0 Å². The van der Waals surface area contributed by atoms with Crippen molar-refractivity contribution < 1.29 is 9.47 Å². The molecule has 0 bridgehead atoms. The smallest absolute Gasteiger partial charge is 0.179 e. The second-order valence-corrected chi connectivity index (χ2v) is 4.61. The summed E-state index contributed by atoms with van der Waals surface area (Å²) in [6, 6.07) is 3.70. The number of benzene rings is 1. The third kappa shape index (κ3) is 4.99. The van der Waals surface area contributed by atoms with Crippen LogP contribution in [0.1, 0.15) is 25.8 Å². The maximum absolute atomic E-state index is 6.24. The first kappa shape index (κ1) is 15.6. The zero-order valence-electron chi connectivity index (χ0n) is 11.9. The Kier molecular flexibility index (Phi) is 6.50. The molecule has 0 aliphatic heterocycles. The van der Waals surface area contributed by atoms with E-state index in [2.05, 4.69) is 5.10 Å². The van der Waals surface area contributed by atoms with E-state index in [1.165, 1.54) is 0 Å². The molecule has 5 heteroatoms. The molecule has 1 aromatic rings. The molecule has 0 aliphatic carbocycles. The summed E-state index contributed by atoms with van der Waals surface area (Å²) in [5.41, 5.74) is 0.881. The lowest BCUT2D eigenvalue weighted by atomic mass is 10.2. The highest BCUT2D eigenvalue weighted by Crippen LogP contribution is 2.36. The van der Waals surface area contributed by atoms with Gasteiger partial charge in [0, 0.05) is 14.1 Å². The Morgan fingerprint density at radius 3 is 2.58 bits per heavy atom. The molecule has 0 atom stereocenters. The molecular formula is C14H21ClN2O2. The maximum Gasteiger partial charge on any atom is 0.179 e. The molecule has 0 saturated heterocycles. The molecule has 0 spiro atoms. The Bertz CT molecular complexity index is 434. The summed E-state index contributed by atoms with van der Waals surface area (Å²) in [6.07, 6.45) is 2.66. The third-order valence-electron chi connectivity index (χ3n) is 2.22. The predicted molar refractivity (Wildman–Crippen MR) is 79.7 cm³/mol. The Labute approximate surface area is 120 Å². The molecular weight excluding hydrogens is 264 g/mol. The molecule has 0 radical (unpaired) electrons. The van der Waals surface area contributed by atoms with Crippen molar-refractivity contribution in [3.8, 4) is 11.5 Å². The predicted octanol–water partition coefficient (Wildman–Crippen LogP) is 3.42. The maximum atomic E-state index is 6.24. The molecule has 0 unspecified atom stereocenters. The Hall–Kier alpha value is -1.42. The highest BCUT2D eigenvalue weighted by Gasteiger charge is 2.11. The molecule has 0 aliphatic rings. The van der Waals surface area contributed by atoms with Crippen molar-refractivity contribution in [2.24, 2.45) is 5.10 Å². The first-order chi connectivity index (χ1) is 9.08. The highest BCUT2D eigenvalue weighted by atomic mass is 35.5. The SMILES string of the molecule is CCCOc1c(Cl)cc(/C=N/N(C)C)cc1OCC. The van der Waals surface area contributed by atoms with E-state index in [0.717, 1.165) is 12.0 Å². The van der Waals surface area contributed by atoms with Crippen LogP contribution in [0, 0.1) is 0 Å². The van der Waals surface area contributed by atoms with Crippen LogP contribution in [0.4, 0.5) is 0 Å². The van der Waals surface area contributed by atoms with Crippen LogP contribution in [0.15, 0.2) is 17.2 Å². The van der Waals surface area contributed by atoms with Gasteiger partial charge in [0.05, 0.1) is 24.5 Å². The van der Waals surface area contributed by atoms with Crippen LogP contribution in [0.25, 0.3) is 0 Å². The monoisotopic (exact) mass is 284 g/mol. The van der Waals surface area contributed by atoms with Gasteiger partial charge in [-0.05, 0) is 31.0 Å². The number of rotatable bonds is 7. The second-order valence-electron chi connectivity index (χ2n) is 4.20. The van der Waals surface area contributed by atoms with Crippen LogP contribution >= 0.6 is 11.6 Å². The van der Waals surface area contributed by atoms with Gasteiger partial charge in [0.25, 0.3) is 0 Å². The molecule has 4 nitrogen and oxygen atoms in total. The average Bonchev–Trinajstić information content (AvgIpc) is 2.36. The van der Waals surface area contributed by atoms with Crippen LogP contribution < -0.4 is 9.47 Å². The van der Waals surface area contributed by atoms with Crippen molar-refractivity contribution in [2.75, 3.05) is 27.3 Å². The summed E-state index contributed by atoms with van der Waals surface area (Å²) >= 11 is 6.24. The number of ether oxygens (including phenoxy) is 2. The van der Waals surface area contributed by atoms with Gasteiger partial charge < -0.3 is 14.5 Å². The first-order valence-electron chi connectivity index (χ1n) is 6.38. The van der Waals surface area contributed by atoms with Crippen molar-refractivity contribution in [1.29, 1.82) is 0 Å². The lowest BCUT2D eigenvalue weighted by Crippen LogP contribution is -2.03. The van der Waals surface area contributed by atoms with E-state index in [1.807, 2.05) is 40.1 Å². The summed E-state index contributed by atoms with van der Waals surface area (Å²) < 4.78 is 11.2. The van der Waals surface area contributed by atoms with Gasteiger partial charge in [-0.15, -0.1) is 0 Å². The normalized spacial score (nSPS) is 10.8. The quantitative estimate of drug-likeness (QED) is 0.568. The summed E-state index contributed by atoms with van der Waals surface area (Å²) in [5.74, 6) is 1.26. The first-order valence-corrected chi connectivity index (χ1v) is 6.76. The number of hydrazone groups is 1. The minimum absolute atomic E-state index is 0.541. The van der Waals surface area contributed by atoms with Crippen LogP contribution in [0.5, 0.6) is 11.5 Å². The van der Waals surface area contributed by atoms with Crippen LogP contribution in [0.2, 0.25) is 5.02 Å². The van der Waals surface area contributed by atoms with Crippen molar-refractivity contribution in [3.05, 3.63) is 22.7 Å². The van der Waals surface area contributed by atoms with Gasteiger partial charge >= 0.3 is 0 Å². The number of hydrogen-bond acceptors (Lipinski definition) is 4. The van der Waals surface area contributed by atoms with E-state index in [-0.39, 0.29) is 0 Å². The third-order valence-corrected chi connectivity index (χ3v) is 2.50. The van der Waals surface area contributed by atoms with E-state index in [9.17, 15) is 0 Å². The topological polar surface area (TPSA) is 34.1 Å². The van der Waals surface area contributed by atoms with Gasteiger partial charge in [-0.1, -0.05) is 18.5 Å².